The molecule has 2 heterocycles. The summed E-state index contributed by atoms with van der Waals surface area (Å²) in [5.74, 6) is 1.50. The number of hydrogen-bond acceptors (Lipinski definition) is 5. The molecule has 17 heavy (non-hydrogen) atoms. The van der Waals surface area contributed by atoms with Crippen LogP contribution in [0.1, 0.15) is 24.6 Å². The maximum Gasteiger partial charge on any atom is 0.142 e. The van der Waals surface area contributed by atoms with Crippen LogP contribution in [0.3, 0.4) is 0 Å². The lowest BCUT2D eigenvalue weighted by atomic mass is 10.2. The molecule has 92 valence electrons. The zero-order chi connectivity index (χ0) is 12.3. The van der Waals surface area contributed by atoms with Gasteiger partial charge in [0.2, 0.25) is 0 Å². The first-order chi connectivity index (χ1) is 8.16. The summed E-state index contributed by atoms with van der Waals surface area (Å²) in [5.41, 5.74) is 1.04. The van der Waals surface area contributed by atoms with Gasteiger partial charge in [-0.15, -0.1) is 11.3 Å². The largest absolute Gasteiger partial charge is 0.361 e. The highest BCUT2D eigenvalue weighted by Gasteiger charge is 2.09. The molecule has 0 aliphatic carbocycles. The Morgan fingerprint density at radius 2 is 2.24 bits per heavy atom. The van der Waals surface area contributed by atoms with Gasteiger partial charge in [-0.25, -0.2) is 4.98 Å². The highest BCUT2D eigenvalue weighted by Crippen LogP contribution is 2.28. The van der Waals surface area contributed by atoms with Crippen LogP contribution in [0, 0.1) is 12.8 Å². The summed E-state index contributed by atoms with van der Waals surface area (Å²) in [6.07, 6.45) is 3.63. The van der Waals surface area contributed by atoms with E-state index in [2.05, 4.69) is 29.3 Å². The molecule has 0 bridgehead atoms. The number of hydrogen-bond donors (Lipinski definition) is 1. The molecule has 0 aromatic carbocycles. The Kier molecular flexibility index (Phi) is 3.91. The summed E-state index contributed by atoms with van der Waals surface area (Å²) in [5, 5.41) is 8.26. The van der Waals surface area contributed by atoms with Gasteiger partial charge in [0.15, 0.2) is 0 Å². The van der Waals surface area contributed by atoms with Gasteiger partial charge in [-0.1, -0.05) is 19.0 Å². The van der Waals surface area contributed by atoms with E-state index in [4.69, 9.17) is 4.52 Å². The van der Waals surface area contributed by atoms with E-state index < -0.39 is 0 Å². The molecule has 0 unspecified atom stereocenters. The van der Waals surface area contributed by atoms with Crippen molar-refractivity contribution in [1.82, 2.24) is 15.5 Å². The van der Waals surface area contributed by atoms with E-state index in [1.165, 1.54) is 0 Å². The van der Waals surface area contributed by atoms with Crippen molar-refractivity contribution in [2.45, 2.75) is 27.3 Å². The predicted octanol–water partition coefficient (Wildman–Crippen LogP) is 2.85. The Bertz CT molecular complexity index is 476. The summed E-state index contributed by atoms with van der Waals surface area (Å²) < 4.78 is 5.05. The molecule has 0 radical (unpaired) electrons. The molecular formula is C12H17N3OS. The van der Waals surface area contributed by atoms with Crippen molar-refractivity contribution in [3.63, 3.8) is 0 Å². The number of aryl methyl sites for hydroxylation is 1. The van der Waals surface area contributed by atoms with E-state index in [-0.39, 0.29) is 0 Å². The fraction of sp³-hybridized carbons (Fsp3) is 0.500. The summed E-state index contributed by atoms with van der Waals surface area (Å²) in [4.78, 5) is 5.51. The number of nitrogens with one attached hydrogen (secondary N) is 1. The van der Waals surface area contributed by atoms with Gasteiger partial charge in [-0.3, -0.25) is 0 Å². The van der Waals surface area contributed by atoms with Gasteiger partial charge in [0, 0.05) is 12.7 Å². The molecule has 4 nitrogen and oxygen atoms in total. The monoisotopic (exact) mass is 251 g/mol. The zero-order valence-corrected chi connectivity index (χ0v) is 11.2. The van der Waals surface area contributed by atoms with E-state index >= 15 is 0 Å². The van der Waals surface area contributed by atoms with Crippen LogP contribution in [0.25, 0.3) is 10.4 Å². The fourth-order valence-corrected chi connectivity index (χ4v) is 2.46. The number of aromatic nitrogens is 2. The minimum atomic E-state index is 0.662. The van der Waals surface area contributed by atoms with Crippen molar-refractivity contribution in [1.29, 1.82) is 0 Å². The number of rotatable bonds is 5. The first kappa shape index (κ1) is 12.3. The van der Waals surface area contributed by atoms with Gasteiger partial charge in [0.1, 0.15) is 10.8 Å². The van der Waals surface area contributed by atoms with Gasteiger partial charge in [-0.05, 0) is 19.4 Å². The molecule has 0 aliphatic heterocycles. The molecule has 0 saturated heterocycles. The van der Waals surface area contributed by atoms with Crippen molar-refractivity contribution < 1.29 is 4.52 Å². The van der Waals surface area contributed by atoms with Gasteiger partial charge >= 0.3 is 0 Å². The van der Waals surface area contributed by atoms with Crippen LogP contribution in [0.4, 0.5) is 0 Å². The quantitative estimate of drug-likeness (QED) is 0.887. The summed E-state index contributed by atoms with van der Waals surface area (Å²) in [6.45, 7) is 8.15. The molecule has 0 atom stereocenters. The molecule has 1 N–H and O–H groups in total. The fourth-order valence-electron chi connectivity index (χ4n) is 1.52. The second-order valence-corrected chi connectivity index (χ2v) is 5.55. The third-order valence-corrected chi connectivity index (χ3v) is 3.43. The van der Waals surface area contributed by atoms with Crippen molar-refractivity contribution in [2.24, 2.45) is 5.92 Å². The number of thiazole rings is 1. The lowest BCUT2D eigenvalue weighted by Gasteiger charge is -2.04. The topological polar surface area (TPSA) is 51.0 Å². The van der Waals surface area contributed by atoms with Crippen LogP contribution in [-0.4, -0.2) is 16.7 Å². The molecule has 0 saturated carbocycles. The first-order valence-corrected chi connectivity index (χ1v) is 6.55. The van der Waals surface area contributed by atoms with Crippen LogP contribution >= 0.6 is 11.3 Å². The second kappa shape index (κ2) is 5.42. The van der Waals surface area contributed by atoms with Gasteiger partial charge in [0.25, 0.3) is 0 Å². The summed E-state index contributed by atoms with van der Waals surface area (Å²) >= 11 is 1.68. The Labute approximate surface area is 105 Å². The highest BCUT2D eigenvalue weighted by atomic mass is 32.1. The SMILES string of the molecule is Cc1oncc1-c1cnc(CNCC(C)C)s1. The Balaban J connectivity index is 1.99. The van der Waals surface area contributed by atoms with E-state index in [1.807, 2.05) is 13.1 Å². The molecule has 0 spiro atoms. The Hall–Kier alpha value is -1.20. The molecule has 2 aromatic rings. The third-order valence-electron chi connectivity index (χ3n) is 2.40. The third kappa shape index (κ3) is 3.14. The Morgan fingerprint density at radius 1 is 1.41 bits per heavy atom. The number of nitrogens with zero attached hydrogens (tertiary/aromatic N) is 2. The summed E-state index contributed by atoms with van der Waals surface area (Å²) in [6, 6.07) is 0. The van der Waals surface area contributed by atoms with E-state index in [9.17, 15) is 0 Å². The molecule has 2 rings (SSSR count). The minimum absolute atomic E-state index is 0.662. The lowest BCUT2D eigenvalue weighted by molar-refractivity contribution is 0.398. The maximum atomic E-state index is 5.05. The van der Waals surface area contributed by atoms with Crippen LogP contribution in [0.2, 0.25) is 0 Å². The van der Waals surface area contributed by atoms with E-state index in [0.717, 1.165) is 34.3 Å². The van der Waals surface area contributed by atoms with E-state index in [1.54, 1.807) is 17.5 Å². The average molecular weight is 251 g/mol. The summed E-state index contributed by atoms with van der Waals surface area (Å²) in [7, 11) is 0. The first-order valence-electron chi connectivity index (χ1n) is 5.74. The zero-order valence-electron chi connectivity index (χ0n) is 10.4. The highest BCUT2D eigenvalue weighted by molar-refractivity contribution is 7.15. The molecular weight excluding hydrogens is 234 g/mol. The Morgan fingerprint density at radius 3 is 2.88 bits per heavy atom. The van der Waals surface area contributed by atoms with Crippen LogP contribution in [0.5, 0.6) is 0 Å². The van der Waals surface area contributed by atoms with Crippen molar-refractivity contribution in [3.05, 3.63) is 23.2 Å². The van der Waals surface area contributed by atoms with Crippen LogP contribution in [-0.2, 0) is 6.54 Å². The van der Waals surface area contributed by atoms with Gasteiger partial charge in [-0.2, -0.15) is 0 Å². The smallest absolute Gasteiger partial charge is 0.142 e. The van der Waals surface area contributed by atoms with Crippen molar-refractivity contribution in [2.75, 3.05) is 6.54 Å². The second-order valence-electron chi connectivity index (χ2n) is 4.44. The van der Waals surface area contributed by atoms with Crippen LogP contribution < -0.4 is 5.32 Å². The molecule has 2 aromatic heterocycles. The standard InChI is InChI=1S/C12H17N3OS/c1-8(2)4-13-7-12-14-6-11(17-12)10-5-15-16-9(10)3/h5-6,8,13H,4,7H2,1-3H3. The normalized spacial score (nSPS) is 11.3. The molecule has 0 fully saturated rings. The molecule has 0 aliphatic rings. The van der Waals surface area contributed by atoms with Crippen molar-refractivity contribution >= 4 is 11.3 Å². The molecule has 0 amide bonds. The minimum Gasteiger partial charge on any atom is -0.361 e. The predicted molar refractivity (Wildman–Crippen MR) is 68.9 cm³/mol. The average Bonchev–Trinajstić information content (AvgIpc) is 2.86. The van der Waals surface area contributed by atoms with Crippen LogP contribution in [0.15, 0.2) is 16.9 Å². The lowest BCUT2D eigenvalue weighted by Crippen LogP contribution is -2.18. The molecule has 5 heteroatoms. The maximum absolute atomic E-state index is 5.05. The van der Waals surface area contributed by atoms with Gasteiger partial charge in [0.05, 0.1) is 16.6 Å². The van der Waals surface area contributed by atoms with Crippen molar-refractivity contribution in [3.8, 4) is 10.4 Å². The van der Waals surface area contributed by atoms with E-state index in [0.29, 0.717) is 5.92 Å². The van der Waals surface area contributed by atoms with Gasteiger partial charge < -0.3 is 9.84 Å².